The van der Waals surface area contributed by atoms with E-state index in [1.165, 1.54) is 17.2 Å². The van der Waals surface area contributed by atoms with Crippen molar-refractivity contribution in [2.75, 3.05) is 0 Å². The second-order valence-electron chi connectivity index (χ2n) is 4.20. The van der Waals surface area contributed by atoms with Gasteiger partial charge in [0.15, 0.2) is 11.0 Å². The molecule has 3 rings (SSSR count). The Hall–Kier alpha value is -1.18. The van der Waals surface area contributed by atoms with Crippen LogP contribution in [-0.2, 0) is 9.05 Å². The first-order valence-electron chi connectivity index (χ1n) is 5.48. The Morgan fingerprint density at radius 1 is 1.37 bits per heavy atom. The van der Waals surface area contributed by atoms with Crippen molar-refractivity contribution in [2.45, 2.75) is 23.7 Å². The van der Waals surface area contributed by atoms with E-state index in [1.54, 1.807) is 6.07 Å². The Kier molecular flexibility index (Phi) is 2.99. The zero-order valence-electron chi connectivity index (χ0n) is 9.49. The summed E-state index contributed by atoms with van der Waals surface area (Å²) in [6, 6.07) is 1.58. The zero-order chi connectivity index (χ0) is 13.6. The summed E-state index contributed by atoms with van der Waals surface area (Å²) in [4.78, 5) is 7.67. The molecule has 100 valence electrons. The molecular weight excluding hydrogens is 311 g/mol. The van der Waals surface area contributed by atoms with Crippen molar-refractivity contribution in [1.82, 2.24) is 19.7 Å². The third kappa shape index (κ3) is 2.33. The average Bonchev–Trinajstić information content (AvgIpc) is 3.13. The molecule has 0 bridgehead atoms. The number of rotatable bonds is 3. The zero-order valence-corrected chi connectivity index (χ0v) is 11.8. The summed E-state index contributed by atoms with van der Waals surface area (Å²) in [5.74, 6) is 0.498. The average molecular weight is 319 g/mol. The lowest BCUT2D eigenvalue weighted by molar-refractivity contribution is 0.608. The lowest BCUT2D eigenvalue weighted by atomic mass is 10.3. The Balaban J connectivity index is 2.23. The number of aromatic nitrogens is 4. The van der Waals surface area contributed by atoms with E-state index in [9.17, 15) is 8.42 Å². The van der Waals surface area contributed by atoms with Crippen LogP contribution < -0.4 is 0 Å². The van der Waals surface area contributed by atoms with Crippen molar-refractivity contribution >= 4 is 31.3 Å². The van der Waals surface area contributed by atoms with Crippen LogP contribution in [0, 0.1) is 0 Å². The SMILES string of the molecule is O=S(=O)(Cl)c1c(C2CC2)nn(-c2ccncn2)c1Cl. The first-order chi connectivity index (χ1) is 8.98. The molecule has 0 aliphatic heterocycles. The van der Waals surface area contributed by atoms with Crippen LogP contribution in [-0.4, -0.2) is 28.2 Å². The largest absolute Gasteiger partial charge is 0.266 e. The Morgan fingerprint density at radius 3 is 2.63 bits per heavy atom. The van der Waals surface area contributed by atoms with Gasteiger partial charge < -0.3 is 0 Å². The van der Waals surface area contributed by atoms with Gasteiger partial charge in [-0.1, -0.05) is 11.6 Å². The summed E-state index contributed by atoms with van der Waals surface area (Å²) in [5.41, 5.74) is 0.415. The van der Waals surface area contributed by atoms with Crippen LogP contribution >= 0.6 is 22.3 Å². The molecule has 2 aromatic rings. The Labute approximate surface area is 118 Å². The molecule has 0 aromatic carbocycles. The summed E-state index contributed by atoms with van der Waals surface area (Å²) < 4.78 is 24.6. The van der Waals surface area contributed by atoms with Crippen molar-refractivity contribution in [3.8, 4) is 5.82 Å². The van der Waals surface area contributed by atoms with Crippen molar-refractivity contribution in [1.29, 1.82) is 0 Å². The van der Waals surface area contributed by atoms with Crippen LogP contribution in [0.3, 0.4) is 0 Å². The second-order valence-corrected chi connectivity index (χ2v) is 7.06. The van der Waals surface area contributed by atoms with E-state index >= 15 is 0 Å². The van der Waals surface area contributed by atoms with Gasteiger partial charge in [-0.3, -0.25) is 0 Å². The Morgan fingerprint density at radius 2 is 2.11 bits per heavy atom. The van der Waals surface area contributed by atoms with E-state index in [4.69, 9.17) is 22.3 Å². The van der Waals surface area contributed by atoms with Gasteiger partial charge in [-0.05, 0) is 12.8 Å². The molecule has 0 N–H and O–H groups in total. The minimum Gasteiger partial charge on any atom is -0.245 e. The van der Waals surface area contributed by atoms with Crippen LogP contribution in [0.25, 0.3) is 5.82 Å². The summed E-state index contributed by atoms with van der Waals surface area (Å²) in [6.45, 7) is 0. The highest BCUT2D eigenvalue weighted by Crippen LogP contribution is 2.45. The topological polar surface area (TPSA) is 77.7 Å². The molecule has 0 atom stereocenters. The molecule has 0 saturated heterocycles. The molecule has 0 spiro atoms. The number of hydrogen-bond donors (Lipinski definition) is 0. The van der Waals surface area contributed by atoms with Gasteiger partial charge in [-0.25, -0.2) is 23.1 Å². The van der Waals surface area contributed by atoms with Gasteiger partial charge in [0.25, 0.3) is 9.05 Å². The molecule has 1 aliphatic rings. The van der Waals surface area contributed by atoms with Crippen LogP contribution in [0.2, 0.25) is 5.15 Å². The maximum absolute atomic E-state index is 11.6. The van der Waals surface area contributed by atoms with E-state index in [1.807, 2.05) is 0 Å². The fourth-order valence-electron chi connectivity index (χ4n) is 1.81. The maximum atomic E-state index is 11.6. The molecule has 2 aromatic heterocycles. The van der Waals surface area contributed by atoms with E-state index in [2.05, 4.69) is 15.1 Å². The molecule has 1 saturated carbocycles. The predicted molar refractivity (Wildman–Crippen MR) is 69.2 cm³/mol. The molecule has 1 aliphatic carbocycles. The van der Waals surface area contributed by atoms with Gasteiger partial charge in [-0.15, -0.1) is 0 Å². The maximum Gasteiger partial charge on any atom is 0.266 e. The van der Waals surface area contributed by atoms with E-state index in [0.29, 0.717) is 11.5 Å². The first kappa shape index (κ1) is 12.8. The summed E-state index contributed by atoms with van der Waals surface area (Å²) in [7, 11) is 1.50. The molecule has 0 amide bonds. The van der Waals surface area contributed by atoms with E-state index in [-0.39, 0.29) is 16.0 Å². The van der Waals surface area contributed by atoms with Crippen molar-refractivity contribution in [3.05, 3.63) is 29.4 Å². The fourth-order valence-corrected chi connectivity index (χ4v) is 3.65. The van der Waals surface area contributed by atoms with Crippen LogP contribution in [0.4, 0.5) is 0 Å². The fraction of sp³-hybridized carbons (Fsp3) is 0.300. The number of hydrogen-bond acceptors (Lipinski definition) is 5. The third-order valence-electron chi connectivity index (χ3n) is 2.80. The first-order valence-corrected chi connectivity index (χ1v) is 8.16. The summed E-state index contributed by atoms with van der Waals surface area (Å²) in [5, 5.41) is 4.19. The van der Waals surface area contributed by atoms with Gasteiger partial charge in [0.05, 0.1) is 5.69 Å². The highest BCUT2D eigenvalue weighted by atomic mass is 35.7. The summed E-state index contributed by atoms with van der Waals surface area (Å²) >= 11 is 6.10. The van der Waals surface area contributed by atoms with Gasteiger partial charge in [0.2, 0.25) is 0 Å². The predicted octanol–water partition coefficient (Wildman–Crippen LogP) is 2.12. The molecule has 1 fully saturated rings. The minimum absolute atomic E-state index is 0.0457. The van der Waals surface area contributed by atoms with Crippen molar-refractivity contribution in [3.63, 3.8) is 0 Å². The normalized spacial score (nSPS) is 15.7. The Bertz CT molecular complexity index is 725. The lowest BCUT2D eigenvalue weighted by Gasteiger charge is -2.00. The second kappa shape index (κ2) is 4.43. The minimum atomic E-state index is -3.94. The highest BCUT2D eigenvalue weighted by Gasteiger charge is 2.36. The number of halogens is 2. The van der Waals surface area contributed by atoms with Gasteiger partial charge in [0.1, 0.15) is 11.2 Å². The van der Waals surface area contributed by atoms with E-state index < -0.39 is 9.05 Å². The molecule has 6 nitrogen and oxygen atoms in total. The van der Waals surface area contributed by atoms with Crippen LogP contribution in [0.15, 0.2) is 23.5 Å². The van der Waals surface area contributed by atoms with Crippen molar-refractivity contribution < 1.29 is 8.42 Å². The quantitative estimate of drug-likeness (QED) is 0.810. The molecular formula is C10H8Cl2N4O2S. The molecule has 9 heteroatoms. The molecule has 19 heavy (non-hydrogen) atoms. The number of nitrogens with zero attached hydrogens (tertiary/aromatic N) is 4. The molecule has 0 unspecified atom stereocenters. The standard InChI is InChI=1S/C10H8Cl2N4O2S/c11-10-9(19(12,17)18)8(6-1-2-6)15-16(10)7-3-4-13-5-14-7/h3-6H,1-2H2. The van der Waals surface area contributed by atoms with Gasteiger partial charge in [-0.2, -0.15) is 5.10 Å². The summed E-state index contributed by atoms with van der Waals surface area (Å²) in [6.07, 6.45) is 4.62. The monoisotopic (exact) mass is 318 g/mol. The van der Waals surface area contributed by atoms with Gasteiger partial charge >= 0.3 is 0 Å². The molecule has 2 heterocycles. The van der Waals surface area contributed by atoms with E-state index in [0.717, 1.165) is 12.8 Å². The van der Waals surface area contributed by atoms with Gasteiger partial charge in [0, 0.05) is 28.9 Å². The highest BCUT2D eigenvalue weighted by molar-refractivity contribution is 8.13. The molecule has 0 radical (unpaired) electrons. The van der Waals surface area contributed by atoms with Crippen LogP contribution in [0.1, 0.15) is 24.5 Å². The van der Waals surface area contributed by atoms with Crippen LogP contribution in [0.5, 0.6) is 0 Å². The third-order valence-corrected chi connectivity index (χ3v) is 4.62. The smallest absolute Gasteiger partial charge is 0.245 e. The van der Waals surface area contributed by atoms with Crippen molar-refractivity contribution in [2.24, 2.45) is 0 Å². The lowest BCUT2D eigenvalue weighted by Crippen LogP contribution is -2.00.